The number of β-amino-alcohol motifs (C(OH)–C–C–N with tert-alkyl or cyclic N) is 2. The Kier molecular flexibility index (Phi) is 7.33. The van der Waals surface area contributed by atoms with Crippen LogP contribution < -0.4 is 10.2 Å². The standard InChI is InChI=1S/C27H25F5N8O3/c28-17-7-14(25(43)39-11-20(41)21(42)12-39)1-2-19(17)37-23-22-18(29)10-40(24(22)36-13-35-23)16-3-5-38(6-4-16)26-33-8-15(9-34-26)27(30,31)32/h1-2,7-10,13,16,20-21,41-42H,3-6,11-12H2,(H,35,36,37)/t20-,21-/m1/s1. The molecule has 5 heterocycles. The van der Waals surface area contributed by atoms with E-state index in [4.69, 9.17) is 0 Å². The maximum absolute atomic E-state index is 15.3. The zero-order valence-electron chi connectivity index (χ0n) is 22.3. The molecule has 4 aromatic rings. The lowest BCUT2D eigenvalue weighted by molar-refractivity contribution is -0.138. The summed E-state index contributed by atoms with van der Waals surface area (Å²) >= 11 is 0. The molecule has 2 atom stereocenters. The Balaban J connectivity index is 1.17. The molecule has 1 aromatic carbocycles. The fourth-order valence-corrected chi connectivity index (χ4v) is 5.38. The number of nitrogens with one attached hydrogen (secondary N) is 1. The van der Waals surface area contributed by atoms with Crippen molar-refractivity contribution in [3.63, 3.8) is 0 Å². The van der Waals surface area contributed by atoms with E-state index in [-0.39, 0.29) is 53.2 Å². The van der Waals surface area contributed by atoms with Crippen molar-refractivity contribution in [1.82, 2.24) is 29.4 Å². The minimum absolute atomic E-state index is 0.0144. The van der Waals surface area contributed by atoms with Crippen LogP contribution in [0.3, 0.4) is 0 Å². The summed E-state index contributed by atoms with van der Waals surface area (Å²) in [4.78, 5) is 31.7. The monoisotopic (exact) mass is 604 g/mol. The van der Waals surface area contributed by atoms with Gasteiger partial charge in [0.05, 0.1) is 28.8 Å². The molecule has 16 heteroatoms. The first-order chi connectivity index (χ1) is 20.5. The molecular formula is C27H25F5N8O3. The van der Waals surface area contributed by atoms with Crippen LogP contribution in [0, 0.1) is 11.6 Å². The van der Waals surface area contributed by atoms with Crippen LogP contribution in [0.25, 0.3) is 11.0 Å². The maximum Gasteiger partial charge on any atom is 0.419 e. The van der Waals surface area contributed by atoms with Crippen LogP contribution in [-0.4, -0.2) is 83.9 Å². The Morgan fingerprint density at radius 1 is 0.953 bits per heavy atom. The highest BCUT2D eigenvalue weighted by atomic mass is 19.4. The molecule has 2 aliphatic rings. The molecule has 2 saturated heterocycles. The number of hydrogen-bond donors (Lipinski definition) is 3. The van der Waals surface area contributed by atoms with Crippen molar-refractivity contribution in [3.05, 3.63) is 65.9 Å². The highest BCUT2D eigenvalue weighted by molar-refractivity contribution is 5.95. The number of carbonyl (C=O) groups is 1. The Hall–Kier alpha value is -4.44. The number of anilines is 3. The first-order valence-corrected chi connectivity index (χ1v) is 13.4. The second kappa shape index (κ2) is 11.0. The molecule has 0 radical (unpaired) electrons. The van der Waals surface area contributed by atoms with E-state index in [1.54, 1.807) is 9.47 Å². The molecule has 11 nitrogen and oxygen atoms in total. The second-order valence-electron chi connectivity index (χ2n) is 10.5. The number of likely N-dealkylation sites (tertiary alicyclic amines) is 1. The lowest BCUT2D eigenvalue weighted by Crippen LogP contribution is -2.35. The van der Waals surface area contributed by atoms with Gasteiger partial charge < -0.3 is 29.9 Å². The number of fused-ring (bicyclic) bond motifs is 1. The van der Waals surface area contributed by atoms with Crippen LogP contribution in [0.2, 0.25) is 0 Å². The van der Waals surface area contributed by atoms with Gasteiger partial charge in [0.2, 0.25) is 5.95 Å². The van der Waals surface area contributed by atoms with E-state index in [9.17, 15) is 28.2 Å². The molecule has 0 aliphatic carbocycles. The van der Waals surface area contributed by atoms with Gasteiger partial charge in [-0.2, -0.15) is 13.2 Å². The number of halogens is 5. The van der Waals surface area contributed by atoms with Crippen LogP contribution in [-0.2, 0) is 6.18 Å². The molecule has 2 fully saturated rings. The smallest absolute Gasteiger partial charge is 0.388 e. The second-order valence-corrected chi connectivity index (χ2v) is 10.5. The van der Waals surface area contributed by atoms with Crippen LogP contribution in [0.5, 0.6) is 0 Å². The first kappa shape index (κ1) is 28.7. The Bertz CT molecular complexity index is 1650. The van der Waals surface area contributed by atoms with Gasteiger partial charge in [0.25, 0.3) is 5.91 Å². The van der Waals surface area contributed by atoms with Gasteiger partial charge in [-0.05, 0) is 31.0 Å². The van der Waals surface area contributed by atoms with E-state index in [2.05, 4.69) is 25.3 Å². The highest BCUT2D eigenvalue weighted by Gasteiger charge is 2.34. The number of carbonyl (C=O) groups excluding carboxylic acids is 1. The van der Waals surface area contributed by atoms with E-state index in [0.717, 1.165) is 18.5 Å². The molecule has 1 amide bonds. The van der Waals surface area contributed by atoms with Gasteiger partial charge in [-0.3, -0.25) is 4.79 Å². The van der Waals surface area contributed by atoms with Gasteiger partial charge in [0.1, 0.15) is 23.6 Å². The van der Waals surface area contributed by atoms with Gasteiger partial charge >= 0.3 is 6.18 Å². The number of rotatable bonds is 5. The van der Waals surface area contributed by atoms with E-state index in [1.165, 1.54) is 29.6 Å². The van der Waals surface area contributed by atoms with Crippen molar-refractivity contribution in [3.8, 4) is 0 Å². The lowest BCUT2D eigenvalue weighted by atomic mass is 10.1. The molecule has 3 aromatic heterocycles. The molecular weight excluding hydrogens is 579 g/mol. The Morgan fingerprint density at radius 3 is 2.26 bits per heavy atom. The summed E-state index contributed by atoms with van der Waals surface area (Å²) in [5, 5.41) is 22.2. The summed E-state index contributed by atoms with van der Waals surface area (Å²) in [6.45, 7) is 0.690. The maximum atomic E-state index is 15.3. The SMILES string of the molecule is O=C(c1ccc(Nc2ncnc3c2c(F)cn3C2CCN(c3ncc(C(F)(F)F)cn3)CC2)c(F)c1)N1C[C@@H](O)[C@H](O)C1. The zero-order chi connectivity index (χ0) is 30.5. The summed E-state index contributed by atoms with van der Waals surface area (Å²) in [5.41, 5.74) is -0.701. The van der Waals surface area contributed by atoms with Gasteiger partial charge in [-0.1, -0.05) is 0 Å². The molecule has 2 aliphatic heterocycles. The van der Waals surface area contributed by atoms with Gasteiger partial charge in [0.15, 0.2) is 5.82 Å². The van der Waals surface area contributed by atoms with E-state index >= 15 is 8.78 Å². The van der Waals surface area contributed by atoms with Crippen LogP contribution in [0.4, 0.5) is 39.4 Å². The molecule has 3 N–H and O–H groups in total. The molecule has 6 rings (SSSR count). The molecule has 43 heavy (non-hydrogen) atoms. The number of benzene rings is 1. The molecule has 0 spiro atoms. The number of aliphatic hydroxyl groups excluding tert-OH is 2. The Labute approximate surface area is 240 Å². The van der Waals surface area contributed by atoms with E-state index in [0.29, 0.717) is 25.9 Å². The quantitative estimate of drug-likeness (QED) is 0.294. The summed E-state index contributed by atoms with van der Waals surface area (Å²) in [7, 11) is 0. The summed E-state index contributed by atoms with van der Waals surface area (Å²) < 4.78 is 70.5. The van der Waals surface area contributed by atoms with Crippen molar-refractivity contribution in [2.45, 2.75) is 37.3 Å². The van der Waals surface area contributed by atoms with Crippen molar-refractivity contribution < 1.29 is 37.0 Å². The third kappa shape index (κ3) is 5.54. The van der Waals surface area contributed by atoms with Crippen molar-refractivity contribution in [2.24, 2.45) is 0 Å². The minimum Gasteiger partial charge on any atom is -0.388 e. The summed E-state index contributed by atoms with van der Waals surface area (Å²) in [6, 6.07) is 3.51. The van der Waals surface area contributed by atoms with E-state index in [1.807, 2.05) is 0 Å². The van der Waals surface area contributed by atoms with E-state index < -0.39 is 41.5 Å². The first-order valence-electron chi connectivity index (χ1n) is 13.4. The fraction of sp³-hybridized carbons (Fsp3) is 0.370. The zero-order valence-corrected chi connectivity index (χ0v) is 22.3. The fourth-order valence-electron chi connectivity index (χ4n) is 5.38. The minimum atomic E-state index is -4.53. The number of aromatic nitrogens is 5. The molecule has 0 bridgehead atoms. The average molecular weight is 605 g/mol. The molecule has 0 unspecified atom stereocenters. The number of alkyl halides is 3. The third-order valence-electron chi connectivity index (χ3n) is 7.68. The number of amides is 1. The highest BCUT2D eigenvalue weighted by Crippen LogP contribution is 2.34. The number of piperidine rings is 1. The van der Waals surface area contributed by atoms with Gasteiger partial charge in [-0.15, -0.1) is 0 Å². The summed E-state index contributed by atoms with van der Waals surface area (Å²) in [5.74, 6) is -1.79. The predicted octanol–water partition coefficient (Wildman–Crippen LogP) is 3.28. The summed E-state index contributed by atoms with van der Waals surface area (Å²) in [6.07, 6.45) is -1.66. The van der Waals surface area contributed by atoms with Crippen LogP contribution >= 0.6 is 0 Å². The van der Waals surface area contributed by atoms with Crippen molar-refractivity contribution in [2.75, 3.05) is 36.4 Å². The number of aliphatic hydroxyl groups is 2. The van der Waals surface area contributed by atoms with Gasteiger partial charge in [0, 0.05) is 56.4 Å². The molecule has 0 saturated carbocycles. The van der Waals surface area contributed by atoms with Crippen LogP contribution in [0.15, 0.2) is 43.1 Å². The van der Waals surface area contributed by atoms with Crippen molar-refractivity contribution in [1.29, 1.82) is 0 Å². The average Bonchev–Trinajstić information content (AvgIpc) is 3.52. The number of nitrogens with zero attached hydrogens (tertiary/aromatic N) is 7. The molecule has 226 valence electrons. The van der Waals surface area contributed by atoms with Crippen molar-refractivity contribution >= 4 is 34.4 Å². The largest absolute Gasteiger partial charge is 0.419 e. The number of hydrogen-bond acceptors (Lipinski definition) is 9. The van der Waals surface area contributed by atoms with Crippen LogP contribution in [0.1, 0.15) is 34.8 Å². The predicted molar refractivity (Wildman–Crippen MR) is 143 cm³/mol. The van der Waals surface area contributed by atoms with Gasteiger partial charge in [-0.25, -0.2) is 28.7 Å². The normalized spacial score (nSPS) is 19.8. The Morgan fingerprint density at radius 2 is 1.63 bits per heavy atom. The third-order valence-corrected chi connectivity index (χ3v) is 7.68. The topological polar surface area (TPSA) is 133 Å². The lowest BCUT2D eigenvalue weighted by Gasteiger charge is -2.32.